The minimum absolute atomic E-state index is 0.235. The van der Waals surface area contributed by atoms with E-state index in [2.05, 4.69) is 9.88 Å². The van der Waals surface area contributed by atoms with Gasteiger partial charge in [-0.15, -0.1) is 0 Å². The number of nitrogens with zero attached hydrogens (tertiary/aromatic N) is 2. The predicted molar refractivity (Wildman–Crippen MR) is 77.9 cm³/mol. The van der Waals surface area contributed by atoms with Gasteiger partial charge in [-0.05, 0) is 44.1 Å². The number of aromatic nitrogens is 2. The summed E-state index contributed by atoms with van der Waals surface area (Å²) >= 11 is 0. The lowest BCUT2D eigenvalue weighted by atomic mass is 10.1. The first-order chi connectivity index (χ1) is 10.4. The molecule has 1 N–H and O–H groups in total. The number of imidazole rings is 1. The third-order valence-corrected chi connectivity index (χ3v) is 4.19. The van der Waals surface area contributed by atoms with Crippen molar-refractivity contribution in [2.75, 3.05) is 19.6 Å². The minimum atomic E-state index is -4.40. The van der Waals surface area contributed by atoms with Gasteiger partial charge in [-0.25, -0.2) is 4.79 Å². The topological polar surface area (TPSA) is 41.0 Å². The second-order valence-electron chi connectivity index (χ2n) is 5.71. The molecule has 1 aliphatic rings. The van der Waals surface area contributed by atoms with E-state index in [0.29, 0.717) is 12.1 Å². The van der Waals surface area contributed by atoms with Crippen LogP contribution in [0.25, 0.3) is 11.0 Å². The molecule has 0 radical (unpaired) electrons. The van der Waals surface area contributed by atoms with Crippen LogP contribution in [0.15, 0.2) is 23.0 Å². The Balaban J connectivity index is 1.83. The highest BCUT2D eigenvalue weighted by atomic mass is 19.4. The number of likely N-dealkylation sites (tertiary alicyclic amines) is 1. The van der Waals surface area contributed by atoms with Gasteiger partial charge >= 0.3 is 11.9 Å². The van der Waals surface area contributed by atoms with Crippen molar-refractivity contribution in [2.45, 2.75) is 32.0 Å². The first-order valence-electron chi connectivity index (χ1n) is 7.47. The number of fused-ring (bicyclic) bond motifs is 1. The summed E-state index contributed by atoms with van der Waals surface area (Å²) in [6.45, 7) is 3.28. The summed E-state index contributed by atoms with van der Waals surface area (Å²) in [4.78, 5) is 16.8. The lowest BCUT2D eigenvalue weighted by molar-refractivity contribution is -0.137. The molecule has 0 saturated carbocycles. The van der Waals surface area contributed by atoms with Gasteiger partial charge < -0.3 is 9.88 Å². The van der Waals surface area contributed by atoms with Crippen LogP contribution < -0.4 is 5.69 Å². The van der Waals surface area contributed by atoms with Crippen molar-refractivity contribution in [1.29, 1.82) is 0 Å². The minimum Gasteiger partial charge on any atom is -0.306 e. The molecule has 0 amide bonds. The summed E-state index contributed by atoms with van der Waals surface area (Å²) in [5, 5.41) is 0. The number of alkyl halides is 3. The van der Waals surface area contributed by atoms with E-state index in [-0.39, 0.29) is 11.2 Å². The molecule has 0 aliphatic carbocycles. The summed E-state index contributed by atoms with van der Waals surface area (Å²) in [6.07, 6.45) is -0.833. The Hall–Kier alpha value is -1.76. The highest BCUT2D eigenvalue weighted by Crippen LogP contribution is 2.30. The molecule has 7 heteroatoms. The molecule has 3 rings (SSSR count). The van der Waals surface area contributed by atoms with Gasteiger partial charge in [0.15, 0.2) is 0 Å². The van der Waals surface area contributed by atoms with Gasteiger partial charge in [0.05, 0.1) is 16.6 Å². The second-order valence-corrected chi connectivity index (χ2v) is 5.71. The van der Waals surface area contributed by atoms with Gasteiger partial charge in [0.25, 0.3) is 0 Å². The van der Waals surface area contributed by atoms with Crippen molar-refractivity contribution in [2.24, 2.45) is 0 Å². The number of piperidine rings is 1. The molecule has 22 heavy (non-hydrogen) atoms. The van der Waals surface area contributed by atoms with Crippen LogP contribution in [-0.4, -0.2) is 34.1 Å². The Morgan fingerprint density at radius 3 is 2.50 bits per heavy atom. The molecule has 0 atom stereocenters. The fourth-order valence-corrected chi connectivity index (χ4v) is 2.99. The van der Waals surface area contributed by atoms with Crippen LogP contribution >= 0.6 is 0 Å². The van der Waals surface area contributed by atoms with Gasteiger partial charge in [0, 0.05) is 13.1 Å². The third kappa shape index (κ3) is 3.04. The molecule has 4 nitrogen and oxygen atoms in total. The van der Waals surface area contributed by atoms with E-state index in [1.165, 1.54) is 17.1 Å². The summed E-state index contributed by atoms with van der Waals surface area (Å²) < 4.78 is 39.6. The molecule has 0 spiro atoms. The van der Waals surface area contributed by atoms with Crippen molar-refractivity contribution in [3.05, 3.63) is 34.2 Å². The fraction of sp³-hybridized carbons (Fsp3) is 0.533. The standard InChI is InChI=1S/C15H18F3N3O/c16-15(17,18)11-4-5-13-12(10-11)19-14(22)21(13)9-8-20-6-2-1-3-7-20/h4-5,10H,1-3,6-9H2,(H,19,22). The molecule has 1 fully saturated rings. The number of nitrogens with one attached hydrogen (secondary N) is 1. The number of hydrogen-bond donors (Lipinski definition) is 1. The van der Waals surface area contributed by atoms with Crippen LogP contribution in [0.3, 0.4) is 0 Å². The smallest absolute Gasteiger partial charge is 0.306 e. The molecule has 0 bridgehead atoms. The van der Waals surface area contributed by atoms with Crippen molar-refractivity contribution in [3.8, 4) is 0 Å². The summed E-state index contributed by atoms with van der Waals surface area (Å²) in [5.74, 6) is 0. The van der Waals surface area contributed by atoms with Crippen molar-refractivity contribution >= 4 is 11.0 Å². The molecule has 120 valence electrons. The largest absolute Gasteiger partial charge is 0.416 e. The van der Waals surface area contributed by atoms with E-state index in [4.69, 9.17) is 0 Å². The van der Waals surface area contributed by atoms with E-state index in [1.54, 1.807) is 0 Å². The highest BCUT2D eigenvalue weighted by molar-refractivity contribution is 5.76. The van der Waals surface area contributed by atoms with Gasteiger partial charge in [-0.2, -0.15) is 13.2 Å². The number of halogens is 3. The second kappa shape index (κ2) is 5.79. The zero-order valence-electron chi connectivity index (χ0n) is 12.1. The zero-order chi connectivity index (χ0) is 15.7. The number of H-pyrrole nitrogens is 1. The zero-order valence-corrected chi connectivity index (χ0v) is 12.1. The molecule has 0 unspecified atom stereocenters. The number of benzene rings is 1. The summed E-state index contributed by atoms with van der Waals surface area (Å²) in [6, 6.07) is 3.38. The van der Waals surface area contributed by atoms with Gasteiger partial charge in [0.1, 0.15) is 0 Å². The van der Waals surface area contributed by atoms with E-state index >= 15 is 0 Å². The average Bonchev–Trinajstić information content (AvgIpc) is 2.80. The first kappa shape index (κ1) is 15.1. The monoisotopic (exact) mass is 313 g/mol. The molecule has 2 aromatic rings. The summed E-state index contributed by atoms with van der Waals surface area (Å²) in [5.41, 5.74) is -0.343. The lowest BCUT2D eigenvalue weighted by Gasteiger charge is -2.26. The normalized spacial score (nSPS) is 17.2. The van der Waals surface area contributed by atoms with Crippen LogP contribution in [0.1, 0.15) is 24.8 Å². The number of hydrogen-bond acceptors (Lipinski definition) is 2. The van der Waals surface area contributed by atoms with Crippen molar-refractivity contribution in [1.82, 2.24) is 14.5 Å². The Labute approximate surface area is 125 Å². The Morgan fingerprint density at radius 2 is 1.82 bits per heavy atom. The SMILES string of the molecule is O=c1[nH]c2cc(C(F)(F)F)ccc2n1CCN1CCCCC1. The van der Waals surface area contributed by atoms with Crippen molar-refractivity contribution < 1.29 is 13.2 Å². The maximum Gasteiger partial charge on any atom is 0.416 e. The molecule has 1 aromatic heterocycles. The first-order valence-corrected chi connectivity index (χ1v) is 7.47. The maximum atomic E-state index is 12.7. The highest BCUT2D eigenvalue weighted by Gasteiger charge is 2.30. The quantitative estimate of drug-likeness (QED) is 0.946. The lowest BCUT2D eigenvalue weighted by Crippen LogP contribution is -2.34. The molecular formula is C15H18F3N3O. The average molecular weight is 313 g/mol. The Kier molecular flexibility index (Phi) is 3.99. The fourth-order valence-electron chi connectivity index (χ4n) is 2.99. The molecule has 1 aliphatic heterocycles. The summed E-state index contributed by atoms with van der Waals surface area (Å²) in [7, 11) is 0. The van der Waals surface area contributed by atoms with Gasteiger partial charge in [-0.1, -0.05) is 6.42 Å². The number of aromatic amines is 1. The van der Waals surface area contributed by atoms with E-state index in [9.17, 15) is 18.0 Å². The maximum absolute atomic E-state index is 12.7. The van der Waals surface area contributed by atoms with Crippen molar-refractivity contribution in [3.63, 3.8) is 0 Å². The Morgan fingerprint density at radius 1 is 1.09 bits per heavy atom. The third-order valence-electron chi connectivity index (χ3n) is 4.19. The van der Waals surface area contributed by atoms with Crippen LogP contribution in [-0.2, 0) is 12.7 Å². The van der Waals surface area contributed by atoms with Crippen LogP contribution in [0.4, 0.5) is 13.2 Å². The van der Waals surface area contributed by atoms with E-state index in [0.717, 1.165) is 44.6 Å². The van der Waals surface area contributed by atoms with Crippen LogP contribution in [0.5, 0.6) is 0 Å². The Bertz CT molecular complexity index is 711. The number of rotatable bonds is 3. The van der Waals surface area contributed by atoms with Gasteiger partial charge in [-0.3, -0.25) is 4.57 Å². The molecule has 2 heterocycles. The van der Waals surface area contributed by atoms with E-state index < -0.39 is 11.7 Å². The van der Waals surface area contributed by atoms with Crippen LogP contribution in [0, 0.1) is 0 Å². The predicted octanol–water partition coefficient (Wildman–Crippen LogP) is 2.83. The van der Waals surface area contributed by atoms with E-state index in [1.807, 2.05) is 0 Å². The van der Waals surface area contributed by atoms with Crippen LogP contribution in [0.2, 0.25) is 0 Å². The molecule has 1 aromatic carbocycles. The molecular weight excluding hydrogens is 295 g/mol. The molecule has 1 saturated heterocycles. The van der Waals surface area contributed by atoms with Gasteiger partial charge in [0.2, 0.25) is 0 Å².